The molecule has 0 fully saturated rings. The van der Waals surface area contributed by atoms with Gasteiger partial charge in [0.15, 0.2) is 0 Å². The number of hydrogen-bond donors (Lipinski definition) is 2. The van der Waals surface area contributed by atoms with E-state index >= 15 is 0 Å². The van der Waals surface area contributed by atoms with Gasteiger partial charge in [-0.1, -0.05) is 28.1 Å². The maximum atomic E-state index is 13.7. The summed E-state index contributed by atoms with van der Waals surface area (Å²) in [6, 6.07) is 9.27. The molecule has 4 heteroatoms. The molecule has 1 atom stereocenters. The molecule has 2 rings (SSSR count). The Balaban J connectivity index is 2.28. The van der Waals surface area contributed by atoms with Crippen molar-refractivity contribution in [2.75, 3.05) is 11.9 Å². The smallest absolute Gasteiger partial charge is 0.126 e. The Hall–Kier alpha value is -1.39. The van der Waals surface area contributed by atoms with Crippen LogP contribution in [0.4, 0.5) is 10.1 Å². The summed E-state index contributed by atoms with van der Waals surface area (Å²) in [4.78, 5) is 0. The van der Waals surface area contributed by atoms with Crippen LogP contribution in [0.5, 0.6) is 0 Å². The van der Waals surface area contributed by atoms with Crippen molar-refractivity contribution in [3.8, 4) is 0 Å². The van der Waals surface area contributed by atoms with Gasteiger partial charge in [0.2, 0.25) is 0 Å². The molecule has 0 bridgehead atoms. The van der Waals surface area contributed by atoms with E-state index in [0.717, 1.165) is 26.9 Å². The average Bonchev–Trinajstić information content (AvgIpc) is 2.45. The van der Waals surface area contributed by atoms with Crippen molar-refractivity contribution in [2.45, 2.75) is 26.8 Å². The molecule has 0 aliphatic carbocycles. The SMILES string of the molecule is Cc1ccc(C(CN)Nc2cc(C)c(Br)c(C)c2)cc1F. The highest BCUT2D eigenvalue weighted by Gasteiger charge is 2.12. The van der Waals surface area contributed by atoms with Crippen molar-refractivity contribution in [3.63, 3.8) is 0 Å². The summed E-state index contributed by atoms with van der Waals surface area (Å²) >= 11 is 3.56. The second kappa shape index (κ2) is 6.58. The number of aryl methyl sites for hydroxylation is 3. The minimum Gasteiger partial charge on any atom is -0.377 e. The summed E-state index contributed by atoms with van der Waals surface area (Å²) in [6.07, 6.45) is 0. The molecule has 0 spiro atoms. The standard InChI is InChI=1S/C17H20BrFN2/c1-10-4-5-13(8-15(10)19)16(9-20)21-14-6-11(2)17(18)12(3)7-14/h4-8,16,21H,9,20H2,1-3H3. The number of benzene rings is 2. The van der Waals surface area contributed by atoms with E-state index in [2.05, 4.69) is 33.4 Å². The summed E-state index contributed by atoms with van der Waals surface area (Å²) < 4.78 is 14.8. The second-order valence-corrected chi connectivity index (χ2v) is 6.16. The maximum Gasteiger partial charge on any atom is 0.126 e. The maximum absolute atomic E-state index is 13.7. The minimum atomic E-state index is -0.198. The highest BCUT2D eigenvalue weighted by Crippen LogP contribution is 2.27. The molecule has 0 aliphatic rings. The van der Waals surface area contributed by atoms with Crippen LogP contribution in [-0.4, -0.2) is 6.54 Å². The third-order valence-electron chi connectivity index (χ3n) is 3.61. The Morgan fingerprint density at radius 1 is 1.10 bits per heavy atom. The second-order valence-electron chi connectivity index (χ2n) is 5.37. The Labute approximate surface area is 133 Å². The lowest BCUT2D eigenvalue weighted by atomic mass is 10.0. The molecule has 2 aromatic carbocycles. The first-order valence-electron chi connectivity index (χ1n) is 6.91. The normalized spacial score (nSPS) is 12.3. The summed E-state index contributed by atoms with van der Waals surface area (Å²) in [6.45, 7) is 6.25. The van der Waals surface area contributed by atoms with Gasteiger partial charge in [-0.3, -0.25) is 0 Å². The number of rotatable bonds is 4. The van der Waals surface area contributed by atoms with E-state index in [0.29, 0.717) is 12.1 Å². The monoisotopic (exact) mass is 350 g/mol. The highest BCUT2D eigenvalue weighted by molar-refractivity contribution is 9.10. The van der Waals surface area contributed by atoms with Gasteiger partial charge in [-0.25, -0.2) is 4.39 Å². The Kier molecular flexibility index (Phi) is 5.01. The van der Waals surface area contributed by atoms with E-state index in [1.54, 1.807) is 19.1 Å². The van der Waals surface area contributed by atoms with E-state index in [1.165, 1.54) is 0 Å². The number of halogens is 2. The molecule has 1 unspecified atom stereocenters. The zero-order valence-corrected chi connectivity index (χ0v) is 14.1. The van der Waals surface area contributed by atoms with Crippen LogP contribution in [0.15, 0.2) is 34.8 Å². The van der Waals surface area contributed by atoms with Gasteiger partial charge < -0.3 is 11.1 Å². The Bertz CT molecular complexity index is 632. The third kappa shape index (κ3) is 3.63. The topological polar surface area (TPSA) is 38.0 Å². The number of anilines is 1. The first-order chi connectivity index (χ1) is 9.92. The predicted octanol–water partition coefficient (Wildman–Crippen LogP) is 4.63. The fourth-order valence-corrected chi connectivity index (χ4v) is 2.56. The van der Waals surface area contributed by atoms with Gasteiger partial charge >= 0.3 is 0 Å². The molecule has 0 saturated carbocycles. The lowest BCUT2D eigenvalue weighted by Gasteiger charge is -2.20. The molecule has 2 nitrogen and oxygen atoms in total. The Morgan fingerprint density at radius 3 is 2.24 bits per heavy atom. The van der Waals surface area contributed by atoms with Gasteiger partial charge in [0.25, 0.3) is 0 Å². The van der Waals surface area contributed by atoms with E-state index in [-0.39, 0.29) is 11.9 Å². The minimum absolute atomic E-state index is 0.111. The summed E-state index contributed by atoms with van der Waals surface area (Å²) in [5.74, 6) is -0.198. The Morgan fingerprint density at radius 2 is 1.71 bits per heavy atom. The van der Waals surface area contributed by atoms with Crippen molar-refractivity contribution in [1.29, 1.82) is 0 Å². The largest absolute Gasteiger partial charge is 0.377 e. The molecule has 0 heterocycles. The van der Waals surface area contributed by atoms with Crippen LogP contribution in [0.3, 0.4) is 0 Å². The quantitative estimate of drug-likeness (QED) is 0.843. The molecule has 3 N–H and O–H groups in total. The number of nitrogens with two attached hydrogens (primary N) is 1. The van der Waals surface area contributed by atoms with Crippen LogP contribution < -0.4 is 11.1 Å². The molecule has 0 aliphatic heterocycles. The molecule has 21 heavy (non-hydrogen) atoms. The number of nitrogens with one attached hydrogen (secondary N) is 1. The molecule has 2 aromatic rings. The fraction of sp³-hybridized carbons (Fsp3) is 0.294. The third-order valence-corrected chi connectivity index (χ3v) is 4.86. The van der Waals surface area contributed by atoms with Crippen LogP contribution in [0.2, 0.25) is 0 Å². The zero-order chi connectivity index (χ0) is 15.6. The van der Waals surface area contributed by atoms with Gasteiger partial charge in [-0.15, -0.1) is 0 Å². The van der Waals surface area contributed by atoms with Gasteiger partial charge in [-0.2, -0.15) is 0 Å². The van der Waals surface area contributed by atoms with Crippen molar-refractivity contribution in [2.24, 2.45) is 5.73 Å². The van der Waals surface area contributed by atoms with Crippen molar-refractivity contribution in [3.05, 3.63) is 62.9 Å². The number of hydrogen-bond acceptors (Lipinski definition) is 2. The summed E-state index contributed by atoms with van der Waals surface area (Å²) in [7, 11) is 0. The van der Waals surface area contributed by atoms with Crippen molar-refractivity contribution in [1.82, 2.24) is 0 Å². The van der Waals surface area contributed by atoms with Crippen molar-refractivity contribution >= 4 is 21.6 Å². The lowest BCUT2D eigenvalue weighted by Crippen LogP contribution is -2.21. The van der Waals surface area contributed by atoms with Crippen molar-refractivity contribution < 1.29 is 4.39 Å². The van der Waals surface area contributed by atoms with E-state index in [4.69, 9.17) is 5.73 Å². The summed E-state index contributed by atoms with van der Waals surface area (Å²) in [5, 5.41) is 3.39. The zero-order valence-electron chi connectivity index (χ0n) is 12.5. The highest BCUT2D eigenvalue weighted by atomic mass is 79.9. The van der Waals surface area contributed by atoms with E-state index < -0.39 is 0 Å². The van der Waals surface area contributed by atoms with Crippen LogP contribution >= 0.6 is 15.9 Å². The van der Waals surface area contributed by atoms with Gasteiger partial charge in [0.1, 0.15) is 5.82 Å². The first-order valence-corrected chi connectivity index (χ1v) is 7.71. The average molecular weight is 351 g/mol. The molecule has 0 saturated heterocycles. The van der Waals surface area contributed by atoms with E-state index in [1.807, 2.05) is 19.9 Å². The molecular formula is C17H20BrFN2. The predicted molar refractivity (Wildman–Crippen MR) is 90.2 cm³/mol. The molecule has 0 amide bonds. The van der Waals surface area contributed by atoms with Crippen LogP contribution in [0.25, 0.3) is 0 Å². The van der Waals surface area contributed by atoms with Gasteiger partial charge in [-0.05, 0) is 61.2 Å². The summed E-state index contributed by atoms with van der Waals surface area (Å²) in [5.41, 5.74) is 10.7. The molecule has 0 aromatic heterocycles. The van der Waals surface area contributed by atoms with E-state index in [9.17, 15) is 4.39 Å². The molecule has 0 radical (unpaired) electrons. The van der Waals surface area contributed by atoms with Crippen LogP contribution in [0.1, 0.15) is 28.3 Å². The first kappa shape index (κ1) is 16.0. The van der Waals surface area contributed by atoms with Gasteiger partial charge in [0, 0.05) is 16.7 Å². The van der Waals surface area contributed by atoms with Crippen LogP contribution in [0, 0.1) is 26.6 Å². The molecule has 112 valence electrons. The van der Waals surface area contributed by atoms with Gasteiger partial charge in [0.05, 0.1) is 6.04 Å². The van der Waals surface area contributed by atoms with Crippen LogP contribution in [-0.2, 0) is 0 Å². The molecular weight excluding hydrogens is 331 g/mol. The lowest BCUT2D eigenvalue weighted by molar-refractivity contribution is 0.613. The fourth-order valence-electron chi connectivity index (χ4n) is 2.33.